The van der Waals surface area contributed by atoms with Crippen LogP contribution in [0.1, 0.15) is 124 Å². The van der Waals surface area contributed by atoms with Crippen molar-refractivity contribution in [1.82, 2.24) is 24.6 Å². The highest BCUT2D eigenvalue weighted by molar-refractivity contribution is 7.90. The zero-order chi connectivity index (χ0) is 45.7. The SMILES string of the molecule is Cc1nc(NC[C@H]2CC[C@](C)(O)CC2)c([N+](=O)[O-])cc1S(=O)(=O)NC(=O)c1ccc(N2CCC3(CC2)CC(N2CCC[C@@H]2c2ccccc2C(C)C)C3)cc1Oc1cnc2[nH]ccc2c1. The molecule has 4 N–H and O–H groups in total. The lowest BCUT2D eigenvalue weighted by Gasteiger charge is -2.56. The van der Waals surface area contributed by atoms with Crippen molar-refractivity contribution in [1.29, 1.82) is 0 Å². The van der Waals surface area contributed by atoms with E-state index >= 15 is 0 Å². The van der Waals surface area contributed by atoms with E-state index in [9.17, 15) is 28.4 Å². The first-order valence-electron chi connectivity index (χ1n) is 23.1. The molecule has 2 saturated carbocycles. The minimum atomic E-state index is -4.65. The number of nitrogens with one attached hydrogen (secondary N) is 3. The Morgan fingerprint density at radius 1 is 1.03 bits per heavy atom. The zero-order valence-corrected chi connectivity index (χ0v) is 38.5. The molecule has 4 aliphatic rings. The number of H-pyrrole nitrogens is 1. The number of anilines is 2. The van der Waals surface area contributed by atoms with Crippen molar-refractivity contribution in [3.05, 3.63) is 106 Å². The number of aryl methyl sites for hydroxylation is 1. The Morgan fingerprint density at radius 2 is 1.78 bits per heavy atom. The average Bonchev–Trinajstić information content (AvgIpc) is 3.95. The number of nitro groups is 1. The molecule has 4 fully saturated rings. The van der Waals surface area contributed by atoms with E-state index in [0.717, 1.165) is 62.5 Å². The number of rotatable bonds is 13. The number of ether oxygens (including phenoxy) is 1. The van der Waals surface area contributed by atoms with E-state index < -0.39 is 37.0 Å². The molecule has 5 aromatic rings. The van der Waals surface area contributed by atoms with Crippen molar-refractivity contribution in [3.63, 3.8) is 0 Å². The fourth-order valence-electron chi connectivity index (χ4n) is 10.9. The second-order valence-corrected chi connectivity index (χ2v) is 21.2. The molecule has 2 aliphatic carbocycles. The number of hydrogen-bond acceptors (Lipinski definition) is 12. The van der Waals surface area contributed by atoms with Crippen LogP contribution in [0.15, 0.2) is 78.0 Å². The number of carbonyl (C=O) groups is 1. The van der Waals surface area contributed by atoms with Gasteiger partial charge in [-0.15, -0.1) is 0 Å². The van der Waals surface area contributed by atoms with Gasteiger partial charge in [0.25, 0.3) is 15.9 Å². The van der Waals surface area contributed by atoms with Crippen LogP contribution < -0.4 is 19.7 Å². The Labute approximate surface area is 380 Å². The molecule has 1 atom stereocenters. The molecule has 344 valence electrons. The minimum Gasteiger partial charge on any atom is -0.455 e. The van der Waals surface area contributed by atoms with Crippen LogP contribution in [0.2, 0.25) is 0 Å². The third kappa shape index (κ3) is 9.30. The van der Waals surface area contributed by atoms with Crippen LogP contribution in [0.4, 0.5) is 17.2 Å². The third-order valence-electron chi connectivity index (χ3n) is 14.7. The largest absolute Gasteiger partial charge is 0.455 e. The third-order valence-corrected chi connectivity index (χ3v) is 16.1. The van der Waals surface area contributed by atoms with Crippen molar-refractivity contribution in [2.45, 2.75) is 120 Å². The molecule has 2 saturated heterocycles. The maximum Gasteiger partial charge on any atom is 0.312 e. The molecule has 9 rings (SSSR count). The number of aromatic amines is 1. The predicted molar refractivity (Wildman–Crippen MR) is 250 cm³/mol. The van der Waals surface area contributed by atoms with Gasteiger partial charge in [0.1, 0.15) is 22.0 Å². The molecule has 16 heteroatoms. The monoisotopic (exact) mass is 904 g/mol. The number of sulfonamides is 1. The first-order chi connectivity index (χ1) is 31.1. The Morgan fingerprint density at radius 3 is 2.52 bits per heavy atom. The molecule has 1 amide bonds. The number of fused-ring (bicyclic) bond motifs is 1. The van der Waals surface area contributed by atoms with Gasteiger partial charge in [0, 0.05) is 61.1 Å². The lowest BCUT2D eigenvalue weighted by molar-refractivity contribution is -0.384. The van der Waals surface area contributed by atoms with Gasteiger partial charge in [-0.1, -0.05) is 38.1 Å². The summed E-state index contributed by atoms with van der Waals surface area (Å²) in [7, 11) is -4.65. The summed E-state index contributed by atoms with van der Waals surface area (Å²) in [5.41, 5.74) is 3.47. The van der Waals surface area contributed by atoms with Gasteiger partial charge in [-0.05, 0) is 137 Å². The number of piperidine rings is 1. The Bertz CT molecular complexity index is 2690. The van der Waals surface area contributed by atoms with Gasteiger partial charge in [-0.2, -0.15) is 0 Å². The van der Waals surface area contributed by atoms with E-state index in [1.807, 2.05) is 12.1 Å². The van der Waals surface area contributed by atoms with E-state index in [0.29, 0.717) is 54.2 Å². The van der Waals surface area contributed by atoms with E-state index in [2.05, 4.69) is 72.9 Å². The lowest BCUT2D eigenvalue weighted by Crippen LogP contribution is -2.54. The van der Waals surface area contributed by atoms with Crippen LogP contribution in [0.5, 0.6) is 11.5 Å². The molecule has 0 radical (unpaired) electrons. The first kappa shape index (κ1) is 44.6. The number of carbonyl (C=O) groups excluding carboxylic acids is 1. The number of pyridine rings is 2. The fraction of sp³-hybridized carbons (Fsp3) is 0.490. The Balaban J connectivity index is 0.908. The fourth-order valence-corrected chi connectivity index (χ4v) is 12.1. The maximum absolute atomic E-state index is 14.1. The molecule has 2 aromatic carbocycles. The van der Waals surface area contributed by atoms with E-state index in [4.69, 9.17) is 4.74 Å². The normalized spacial score (nSPS) is 22.6. The second kappa shape index (κ2) is 17.7. The van der Waals surface area contributed by atoms with Crippen molar-refractivity contribution in [2.75, 3.05) is 36.4 Å². The number of aliphatic hydroxyl groups is 1. The van der Waals surface area contributed by atoms with E-state index in [-0.39, 0.29) is 28.7 Å². The summed E-state index contributed by atoms with van der Waals surface area (Å²) >= 11 is 0. The van der Waals surface area contributed by atoms with Gasteiger partial charge in [0.05, 0.1) is 28.0 Å². The quantitative estimate of drug-likeness (QED) is 0.0647. The summed E-state index contributed by atoms with van der Waals surface area (Å²) < 4.78 is 36.3. The van der Waals surface area contributed by atoms with Crippen LogP contribution in [0.25, 0.3) is 11.0 Å². The average molecular weight is 905 g/mol. The van der Waals surface area contributed by atoms with Gasteiger partial charge < -0.3 is 25.0 Å². The number of amides is 1. The van der Waals surface area contributed by atoms with Crippen LogP contribution in [-0.2, 0) is 10.0 Å². The molecule has 15 nitrogen and oxygen atoms in total. The smallest absolute Gasteiger partial charge is 0.312 e. The molecular formula is C49H60N8O7S. The van der Waals surface area contributed by atoms with E-state index in [1.165, 1.54) is 49.9 Å². The predicted octanol–water partition coefficient (Wildman–Crippen LogP) is 9.15. The van der Waals surface area contributed by atoms with Gasteiger partial charge in [0.2, 0.25) is 5.82 Å². The van der Waals surface area contributed by atoms with Crippen LogP contribution in [0, 0.1) is 28.4 Å². The first-order valence-corrected chi connectivity index (χ1v) is 24.6. The number of hydrogen-bond donors (Lipinski definition) is 4. The number of likely N-dealkylation sites (tertiary alicyclic amines) is 1. The highest BCUT2D eigenvalue weighted by atomic mass is 32.2. The van der Waals surface area contributed by atoms with Crippen molar-refractivity contribution < 1.29 is 28.0 Å². The van der Waals surface area contributed by atoms with E-state index in [1.54, 1.807) is 31.3 Å². The Kier molecular flexibility index (Phi) is 12.1. The highest BCUT2D eigenvalue weighted by Crippen LogP contribution is 2.54. The minimum absolute atomic E-state index is 0.0139. The second-order valence-electron chi connectivity index (χ2n) is 19.6. The summed E-state index contributed by atoms with van der Waals surface area (Å²) in [6, 6.07) is 19.8. The number of benzene rings is 2. The lowest BCUT2D eigenvalue weighted by atomic mass is 9.59. The molecule has 2 aliphatic heterocycles. The van der Waals surface area contributed by atoms with Crippen molar-refractivity contribution >= 4 is 44.2 Å². The van der Waals surface area contributed by atoms with Crippen LogP contribution in [-0.4, -0.2) is 82.0 Å². The topological polar surface area (TPSA) is 196 Å². The summed E-state index contributed by atoms with van der Waals surface area (Å²) in [4.78, 5) is 42.0. The standard InChI is InChI=1S/C49H60N8O7S/c1-31(2)38-8-5-6-9-39(38)41-10-7-21-56(41)36-27-49(28-36)18-22-55(23-19-49)35-11-12-40(43(25-35)64-37-24-34-15-20-50-45(34)52-30-37)47(58)54-65(62,63)44-26-42(57(60)61)46(53-32(44)3)51-29-33-13-16-48(4,59)17-14-33/h5-6,8-9,11-12,15,20,24-26,30-31,33,36,41,59H,7,10,13-14,16-19,21-23,27-29H2,1-4H3,(H,50,52)(H,51,53)(H,54,58)/t33-,41-,48-/m1/s1. The van der Waals surface area contributed by atoms with Gasteiger partial charge in [0.15, 0.2) is 0 Å². The number of aromatic nitrogens is 3. The van der Waals surface area contributed by atoms with Crippen LogP contribution >= 0.6 is 0 Å². The summed E-state index contributed by atoms with van der Waals surface area (Å²) in [6.45, 7) is 11.0. The van der Waals surface area contributed by atoms with Gasteiger partial charge in [-0.25, -0.2) is 23.1 Å². The molecule has 0 bridgehead atoms. The molecule has 65 heavy (non-hydrogen) atoms. The number of nitrogens with zero attached hydrogens (tertiary/aromatic N) is 5. The summed E-state index contributed by atoms with van der Waals surface area (Å²) in [5.74, 6) is 0.134. The van der Waals surface area contributed by atoms with Gasteiger partial charge in [-0.3, -0.25) is 19.8 Å². The van der Waals surface area contributed by atoms with Crippen molar-refractivity contribution in [2.24, 2.45) is 11.3 Å². The van der Waals surface area contributed by atoms with Gasteiger partial charge >= 0.3 is 5.69 Å². The maximum atomic E-state index is 14.1. The molecule has 0 unspecified atom stereocenters. The Hall–Kier alpha value is -5.58. The summed E-state index contributed by atoms with van der Waals surface area (Å²) in [5, 5.41) is 26.4. The zero-order valence-electron chi connectivity index (χ0n) is 37.7. The molecule has 3 aromatic heterocycles. The van der Waals surface area contributed by atoms with Crippen LogP contribution in [0.3, 0.4) is 0 Å². The molecule has 5 heterocycles. The van der Waals surface area contributed by atoms with Crippen molar-refractivity contribution in [3.8, 4) is 11.5 Å². The highest BCUT2D eigenvalue weighted by Gasteiger charge is 2.50. The summed E-state index contributed by atoms with van der Waals surface area (Å²) in [6.07, 6.45) is 12.9. The molecule has 1 spiro atoms. The molecular weight excluding hydrogens is 845 g/mol.